The normalized spacial score (nSPS) is 17.7. The van der Waals surface area contributed by atoms with Crippen LogP contribution in [0.15, 0.2) is 94.7 Å². The smallest absolute Gasteiger partial charge is 0.255 e. The van der Waals surface area contributed by atoms with Crippen molar-refractivity contribution in [2.75, 3.05) is 75.4 Å². The van der Waals surface area contributed by atoms with Gasteiger partial charge in [0.1, 0.15) is 16.9 Å². The van der Waals surface area contributed by atoms with Gasteiger partial charge >= 0.3 is 0 Å². The van der Waals surface area contributed by atoms with Crippen LogP contribution in [0.5, 0.6) is 0 Å². The van der Waals surface area contributed by atoms with Crippen LogP contribution in [0.3, 0.4) is 0 Å². The largest absolute Gasteiger partial charge is 0.379 e. The Morgan fingerprint density at radius 2 is 1.00 bits per heavy atom. The molecule has 0 radical (unpaired) electrons. The molecule has 5 heterocycles. The Hall–Kier alpha value is -5.08. The fourth-order valence-corrected chi connectivity index (χ4v) is 13.6. The molecule has 0 N–H and O–H groups in total. The summed E-state index contributed by atoms with van der Waals surface area (Å²) in [6.45, 7) is 4.48. The van der Waals surface area contributed by atoms with Crippen molar-refractivity contribution in [1.29, 1.82) is 0 Å². The second kappa shape index (κ2) is 17.2. The van der Waals surface area contributed by atoms with Gasteiger partial charge in [0.15, 0.2) is 29.9 Å². The first-order valence-electron chi connectivity index (χ1n) is 20.3. The summed E-state index contributed by atoms with van der Waals surface area (Å²) in [5.74, 6) is -1.11. The molecule has 10 rings (SSSR count). The van der Waals surface area contributed by atoms with E-state index < -0.39 is 24.9 Å². The van der Waals surface area contributed by atoms with Crippen molar-refractivity contribution in [3.63, 3.8) is 0 Å². The van der Waals surface area contributed by atoms with E-state index in [4.69, 9.17) is 4.74 Å². The highest BCUT2D eigenvalue weighted by Crippen LogP contribution is 2.35. The third-order valence-corrected chi connectivity index (χ3v) is 18.3. The molecule has 3 saturated heterocycles. The van der Waals surface area contributed by atoms with Gasteiger partial charge < -0.3 is 24.3 Å². The summed E-state index contributed by atoms with van der Waals surface area (Å²) in [4.78, 5) is 43.3. The van der Waals surface area contributed by atoms with Gasteiger partial charge in [-0.3, -0.25) is 9.59 Å². The fourth-order valence-electron chi connectivity index (χ4n) is 7.80. The number of sulfone groups is 2. The van der Waals surface area contributed by atoms with Crippen LogP contribution in [0, 0.1) is 11.6 Å². The lowest BCUT2D eigenvalue weighted by Gasteiger charge is -2.35. The first-order chi connectivity index (χ1) is 29.9. The summed E-state index contributed by atoms with van der Waals surface area (Å²) in [5.41, 5.74) is 1.98. The van der Waals surface area contributed by atoms with Crippen molar-refractivity contribution in [3.05, 3.63) is 108 Å². The van der Waals surface area contributed by atoms with Gasteiger partial charge in [0.25, 0.3) is 11.8 Å². The minimum absolute atomic E-state index is 0.0731. The van der Waals surface area contributed by atoms with Gasteiger partial charge in [0, 0.05) is 52.4 Å². The number of rotatable bonds is 8. The molecule has 1 aliphatic carbocycles. The zero-order valence-electron chi connectivity index (χ0n) is 33.4. The zero-order valence-corrected chi connectivity index (χ0v) is 36.6. The zero-order chi connectivity index (χ0) is 43.2. The molecule has 13 nitrogen and oxygen atoms in total. The molecule has 0 atom stereocenters. The van der Waals surface area contributed by atoms with Crippen LogP contribution in [-0.2, 0) is 24.4 Å². The summed E-state index contributed by atoms with van der Waals surface area (Å²) < 4.78 is 85.2. The summed E-state index contributed by atoms with van der Waals surface area (Å²) in [7, 11) is -7.10. The summed E-state index contributed by atoms with van der Waals surface area (Å²) in [5, 5.41) is 0.630. The van der Waals surface area contributed by atoms with E-state index in [-0.39, 0.29) is 62.8 Å². The molecule has 1 saturated carbocycles. The van der Waals surface area contributed by atoms with E-state index in [1.807, 2.05) is 0 Å². The maximum Gasteiger partial charge on any atom is 0.255 e. The van der Waals surface area contributed by atoms with Crippen molar-refractivity contribution in [1.82, 2.24) is 19.8 Å². The van der Waals surface area contributed by atoms with Crippen molar-refractivity contribution in [2.24, 2.45) is 0 Å². The molecule has 4 aromatic carbocycles. The summed E-state index contributed by atoms with van der Waals surface area (Å²) in [6.07, 6.45) is 2.24. The number of amides is 2. The van der Waals surface area contributed by atoms with Crippen LogP contribution in [0.2, 0.25) is 0 Å². The molecule has 19 heteroatoms. The highest BCUT2D eigenvalue weighted by atomic mass is 32.2. The number of benzene rings is 4. The second-order valence-corrected chi connectivity index (χ2v) is 22.0. The Balaban J connectivity index is 0.000000158. The van der Waals surface area contributed by atoms with Crippen LogP contribution >= 0.6 is 22.7 Å². The van der Waals surface area contributed by atoms with Crippen LogP contribution in [-0.4, -0.2) is 124 Å². The summed E-state index contributed by atoms with van der Waals surface area (Å²) >= 11 is 2.86. The lowest BCUT2D eigenvalue weighted by molar-refractivity contribution is 0.0415. The first kappa shape index (κ1) is 42.2. The Morgan fingerprint density at radius 1 is 0.581 bits per heavy atom. The first-order valence-corrected chi connectivity index (χ1v) is 25.0. The predicted octanol–water partition coefficient (Wildman–Crippen LogP) is 6.29. The fraction of sp³-hybridized carbons (Fsp3) is 0.349. The molecule has 0 unspecified atom stereocenters. The van der Waals surface area contributed by atoms with E-state index in [9.17, 15) is 35.2 Å². The van der Waals surface area contributed by atoms with Gasteiger partial charge in [-0.1, -0.05) is 53.4 Å². The van der Waals surface area contributed by atoms with Gasteiger partial charge in [0.2, 0.25) is 0 Å². The van der Waals surface area contributed by atoms with Gasteiger partial charge in [-0.25, -0.2) is 35.6 Å². The van der Waals surface area contributed by atoms with E-state index in [2.05, 4.69) is 19.8 Å². The molecule has 3 aliphatic heterocycles. The van der Waals surface area contributed by atoms with Crippen LogP contribution in [0.1, 0.15) is 40.0 Å². The SMILES string of the molecule is O=C(c1ccccc1S(=O)(=O)C1CCC1)N1CCN(c2nc3ccc(F)cc3s2)CC1.O=C(c1ccccc1S(=O)(=O)C1COC1)N1CCN(c2nc3ccc(F)cc3s2)CC1. The molecule has 0 bridgehead atoms. The van der Waals surface area contributed by atoms with E-state index in [0.29, 0.717) is 65.2 Å². The van der Waals surface area contributed by atoms with Crippen LogP contribution < -0.4 is 9.80 Å². The number of nitrogens with zero attached hydrogens (tertiary/aromatic N) is 6. The molecular formula is C43H42F2N6O7S4. The van der Waals surface area contributed by atoms with Gasteiger partial charge in [-0.05, 0) is 73.5 Å². The Labute approximate surface area is 365 Å². The number of anilines is 2. The molecular weight excluding hydrogens is 879 g/mol. The lowest BCUT2D eigenvalue weighted by Crippen LogP contribution is -2.49. The lowest BCUT2D eigenvalue weighted by atomic mass is 10.00. The standard InChI is InChI=1S/C22H22FN3O3S2.C21H20FN3O4S2/c23-15-8-9-18-19(14-15)30-22(24-18)26-12-10-25(11-13-26)21(27)17-6-1-2-7-20(17)31(28,29)16-4-3-5-16;22-14-5-6-17-18(11-14)30-21(23-17)25-9-7-24(8-10-25)20(26)16-3-1-2-4-19(16)31(27,28)15-12-29-13-15/h1-2,6-9,14,16H,3-5,10-13H2;1-6,11,15H,7-10,12-13H2. The average Bonchev–Trinajstić information content (AvgIpc) is 3.86. The predicted molar refractivity (Wildman–Crippen MR) is 235 cm³/mol. The van der Waals surface area contributed by atoms with E-state index in [0.717, 1.165) is 37.1 Å². The number of halogens is 2. The number of thiazole rings is 2. The number of carbonyl (C=O) groups is 2. The molecule has 4 fully saturated rings. The minimum atomic E-state index is -3.61. The Bertz CT molecular complexity index is 2690. The number of hydrogen-bond donors (Lipinski definition) is 0. The monoisotopic (exact) mass is 920 g/mol. The van der Waals surface area contributed by atoms with Gasteiger partial charge in [0.05, 0.1) is 59.8 Å². The maximum absolute atomic E-state index is 13.5. The highest BCUT2D eigenvalue weighted by molar-refractivity contribution is 7.92. The highest BCUT2D eigenvalue weighted by Gasteiger charge is 2.38. The number of carbonyl (C=O) groups excluding carboxylic acids is 2. The molecule has 0 spiro atoms. The number of ether oxygens (including phenoxy) is 1. The van der Waals surface area contributed by atoms with E-state index >= 15 is 0 Å². The third kappa shape index (κ3) is 8.27. The molecule has 62 heavy (non-hydrogen) atoms. The molecule has 6 aromatic rings. The Morgan fingerprint density at radius 3 is 1.39 bits per heavy atom. The molecule has 4 aliphatic rings. The summed E-state index contributed by atoms with van der Waals surface area (Å²) in [6, 6.07) is 22.0. The van der Waals surface area contributed by atoms with E-state index in [1.54, 1.807) is 64.4 Å². The number of aromatic nitrogens is 2. The van der Waals surface area contributed by atoms with Crippen molar-refractivity contribution >= 4 is 84.9 Å². The molecule has 324 valence electrons. The topological polar surface area (TPSA) is 150 Å². The van der Waals surface area contributed by atoms with Gasteiger partial charge in [-0.15, -0.1) is 0 Å². The second-order valence-electron chi connectivity index (χ2n) is 15.6. The minimum Gasteiger partial charge on any atom is -0.379 e. The van der Waals surface area contributed by atoms with Crippen LogP contribution in [0.4, 0.5) is 19.0 Å². The van der Waals surface area contributed by atoms with Crippen LogP contribution in [0.25, 0.3) is 20.4 Å². The quantitative estimate of drug-likeness (QED) is 0.170. The molecule has 2 amide bonds. The van der Waals surface area contributed by atoms with Gasteiger partial charge in [-0.2, -0.15) is 0 Å². The number of fused-ring (bicyclic) bond motifs is 2. The Kier molecular flexibility index (Phi) is 11.7. The maximum atomic E-state index is 13.5. The number of piperazine rings is 2. The number of hydrogen-bond acceptors (Lipinski definition) is 13. The third-order valence-electron chi connectivity index (χ3n) is 11.7. The van der Waals surface area contributed by atoms with Crippen molar-refractivity contribution in [2.45, 2.75) is 39.6 Å². The van der Waals surface area contributed by atoms with E-state index in [1.165, 1.54) is 53.0 Å². The molecule has 2 aromatic heterocycles. The van der Waals surface area contributed by atoms with Crippen molar-refractivity contribution < 1.29 is 39.9 Å². The van der Waals surface area contributed by atoms with Crippen molar-refractivity contribution in [3.8, 4) is 0 Å². The average molecular weight is 921 g/mol.